The number of halogens is 2. The van der Waals surface area contributed by atoms with E-state index < -0.39 is 28.5 Å². The summed E-state index contributed by atoms with van der Waals surface area (Å²) in [5.74, 6) is -0.709. The van der Waals surface area contributed by atoms with Crippen LogP contribution in [0.5, 0.6) is 0 Å². The van der Waals surface area contributed by atoms with Gasteiger partial charge in [-0.25, -0.2) is 8.42 Å². The zero-order valence-corrected chi connectivity index (χ0v) is 28.5. The van der Waals surface area contributed by atoms with Gasteiger partial charge < -0.3 is 10.2 Å². The number of nitrogens with zero attached hydrogens (tertiary/aromatic N) is 2. The Morgan fingerprint density at radius 1 is 0.783 bits per heavy atom. The first-order valence-electron chi connectivity index (χ1n) is 15.2. The van der Waals surface area contributed by atoms with Crippen molar-refractivity contribution in [1.82, 2.24) is 10.2 Å². The average molecular weight is 681 g/mol. The zero-order chi connectivity index (χ0) is 33.3. The second-order valence-electron chi connectivity index (χ2n) is 11.5. The van der Waals surface area contributed by atoms with E-state index in [2.05, 4.69) is 5.32 Å². The maximum atomic E-state index is 14.5. The van der Waals surface area contributed by atoms with Crippen LogP contribution in [0, 0.1) is 5.92 Å². The molecule has 2 amide bonds. The van der Waals surface area contributed by atoms with Gasteiger partial charge in [-0.2, -0.15) is 0 Å². The summed E-state index contributed by atoms with van der Waals surface area (Å²) in [7, 11) is -4.17. The molecule has 0 radical (unpaired) electrons. The molecule has 0 saturated carbocycles. The van der Waals surface area contributed by atoms with E-state index in [1.807, 2.05) is 63.2 Å². The topological polar surface area (TPSA) is 86.8 Å². The number of carbonyl (C=O) groups is 2. The molecule has 0 aromatic heterocycles. The standard InChI is InChI=1S/C36H39Cl2N3O4S/c1-4-27-15-18-30(19-16-27)41(46(44,45)31-13-9-6-10-14-31)25-35(42)40(24-29-17-20-32(37)33(38)21-29)34(36(43)39-23-26(2)3)22-28-11-7-5-8-12-28/h5-21,26,34H,4,22-25H2,1-3H3,(H,39,43). The van der Waals surface area contributed by atoms with Crippen LogP contribution in [0.2, 0.25) is 10.0 Å². The van der Waals surface area contributed by atoms with Gasteiger partial charge in [0.25, 0.3) is 10.0 Å². The summed E-state index contributed by atoms with van der Waals surface area (Å²) in [6.45, 7) is 5.86. The number of sulfonamides is 1. The van der Waals surface area contributed by atoms with E-state index in [9.17, 15) is 18.0 Å². The molecule has 46 heavy (non-hydrogen) atoms. The van der Waals surface area contributed by atoms with Crippen molar-refractivity contribution in [3.05, 3.63) is 130 Å². The van der Waals surface area contributed by atoms with Gasteiger partial charge in [-0.15, -0.1) is 0 Å². The number of aryl methyl sites for hydroxylation is 1. The first kappa shape index (κ1) is 35.0. The Morgan fingerprint density at radius 2 is 1.39 bits per heavy atom. The molecule has 0 heterocycles. The molecule has 0 aliphatic carbocycles. The van der Waals surface area contributed by atoms with E-state index in [4.69, 9.17) is 23.2 Å². The van der Waals surface area contributed by atoms with Crippen molar-refractivity contribution >= 4 is 50.7 Å². The first-order valence-corrected chi connectivity index (χ1v) is 17.4. The number of amides is 2. The summed E-state index contributed by atoms with van der Waals surface area (Å²) in [5, 5.41) is 3.65. The normalized spacial score (nSPS) is 12.0. The molecule has 0 fully saturated rings. The SMILES string of the molecule is CCc1ccc(N(CC(=O)N(Cc2ccc(Cl)c(Cl)c2)C(Cc2ccccc2)C(=O)NCC(C)C)S(=O)(=O)c2ccccc2)cc1. The number of hydrogen-bond acceptors (Lipinski definition) is 4. The molecule has 0 aliphatic heterocycles. The number of nitrogens with one attached hydrogen (secondary N) is 1. The van der Waals surface area contributed by atoms with Gasteiger partial charge in [-0.05, 0) is 65.4 Å². The van der Waals surface area contributed by atoms with Gasteiger partial charge in [-0.1, -0.05) is 111 Å². The Labute approximate surface area is 282 Å². The Balaban J connectivity index is 1.80. The lowest BCUT2D eigenvalue weighted by atomic mass is 10.0. The number of benzene rings is 4. The molecule has 0 bridgehead atoms. The fourth-order valence-electron chi connectivity index (χ4n) is 4.96. The molecule has 0 spiro atoms. The molecule has 7 nitrogen and oxygen atoms in total. The van der Waals surface area contributed by atoms with E-state index in [1.165, 1.54) is 17.0 Å². The van der Waals surface area contributed by atoms with Gasteiger partial charge in [-0.3, -0.25) is 13.9 Å². The predicted molar refractivity (Wildman–Crippen MR) is 186 cm³/mol. The molecular formula is C36H39Cl2N3O4S. The highest BCUT2D eigenvalue weighted by atomic mass is 35.5. The van der Waals surface area contributed by atoms with E-state index in [-0.39, 0.29) is 29.7 Å². The minimum absolute atomic E-state index is 0.00365. The minimum atomic E-state index is -4.17. The third-order valence-electron chi connectivity index (χ3n) is 7.54. The van der Waals surface area contributed by atoms with E-state index in [0.717, 1.165) is 21.9 Å². The smallest absolute Gasteiger partial charge is 0.264 e. The van der Waals surface area contributed by atoms with Gasteiger partial charge >= 0.3 is 0 Å². The predicted octanol–water partition coefficient (Wildman–Crippen LogP) is 7.16. The van der Waals surface area contributed by atoms with Crippen molar-refractivity contribution in [2.45, 2.75) is 51.1 Å². The summed E-state index contributed by atoms with van der Waals surface area (Å²) in [6, 6.07) is 28.6. The number of hydrogen-bond donors (Lipinski definition) is 1. The molecule has 1 unspecified atom stereocenters. The van der Waals surface area contributed by atoms with E-state index in [1.54, 1.807) is 48.5 Å². The lowest BCUT2D eigenvalue weighted by Gasteiger charge is -2.34. The zero-order valence-electron chi connectivity index (χ0n) is 26.2. The van der Waals surface area contributed by atoms with Gasteiger partial charge in [0.2, 0.25) is 11.8 Å². The molecule has 0 aliphatic rings. The van der Waals surface area contributed by atoms with Crippen molar-refractivity contribution in [1.29, 1.82) is 0 Å². The number of anilines is 1. The van der Waals surface area contributed by atoms with Crippen LogP contribution in [0.4, 0.5) is 5.69 Å². The maximum absolute atomic E-state index is 14.5. The third kappa shape index (κ3) is 9.12. The Morgan fingerprint density at radius 3 is 1.98 bits per heavy atom. The minimum Gasteiger partial charge on any atom is -0.354 e. The Kier molecular flexibility index (Phi) is 12.3. The van der Waals surface area contributed by atoms with Crippen LogP contribution in [-0.4, -0.2) is 44.3 Å². The van der Waals surface area contributed by atoms with Crippen LogP contribution in [0.3, 0.4) is 0 Å². The van der Waals surface area contributed by atoms with Crippen LogP contribution in [0.25, 0.3) is 0 Å². The number of rotatable bonds is 14. The van der Waals surface area contributed by atoms with Crippen LogP contribution < -0.4 is 9.62 Å². The second kappa shape index (κ2) is 16.1. The molecule has 1 atom stereocenters. The lowest BCUT2D eigenvalue weighted by molar-refractivity contribution is -0.140. The maximum Gasteiger partial charge on any atom is 0.264 e. The summed E-state index contributed by atoms with van der Waals surface area (Å²) >= 11 is 12.5. The van der Waals surface area contributed by atoms with Crippen LogP contribution in [0.15, 0.2) is 108 Å². The summed E-state index contributed by atoms with van der Waals surface area (Å²) in [4.78, 5) is 29.9. The monoisotopic (exact) mass is 679 g/mol. The molecule has 0 saturated heterocycles. The van der Waals surface area contributed by atoms with Crippen molar-refractivity contribution < 1.29 is 18.0 Å². The van der Waals surface area contributed by atoms with Crippen LogP contribution in [-0.2, 0) is 39.0 Å². The quantitative estimate of drug-likeness (QED) is 0.153. The van der Waals surface area contributed by atoms with Crippen molar-refractivity contribution in [2.24, 2.45) is 5.92 Å². The summed E-state index contributed by atoms with van der Waals surface area (Å²) < 4.78 is 29.3. The summed E-state index contributed by atoms with van der Waals surface area (Å²) in [6.07, 6.45) is 0.989. The second-order valence-corrected chi connectivity index (χ2v) is 14.1. The average Bonchev–Trinajstić information content (AvgIpc) is 3.06. The fourth-order valence-corrected chi connectivity index (χ4v) is 6.71. The van der Waals surface area contributed by atoms with Crippen molar-refractivity contribution in [2.75, 3.05) is 17.4 Å². The van der Waals surface area contributed by atoms with Gasteiger partial charge in [0, 0.05) is 19.5 Å². The van der Waals surface area contributed by atoms with Gasteiger partial charge in [0.1, 0.15) is 12.6 Å². The number of carbonyl (C=O) groups excluding carboxylic acids is 2. The Bertz CT molecular complexity index is 1720. The molecule has 4 rings (SSSR count). The fraction of sp³-hybridized carbons (Fsp3) is 0.278. The highest BCUT2D eigenvalue weighted by Gasteiger charge is 2.34. The molecule has 4 aromatic rings. The summed E-state index contributed by atoms with van der Waals surface area (Å²) in [5.41, 5.74) is 2.86. The Hall–Kier alpha value is -3.85. The van der Waals surface area contributed by atoms with Crippen LogP contribution >= 0.6 is 23.2 Å². The van der Waals surface area contributed by atoms with Crippen molar-refractivity contribution in [3.8, 4) is 0 Å². The van der Waals surface area contributed by atoms with Crippen LogP contribution in [0.1, 0.15) is 37.5 Å². The molecule has 242 valence electrons. The van der Waals surface area contributed by atoms with Gasteiger partial charge in [0.05, 0.1) is 20.6 Å². The first-order chi connectivity index (χ1) is 22.0. The van der Waals surface area contributed by atoms with Gasteiger partial charge in [0.15, 0.2) is 0 Å². The highest BCUT2D eigenvalue weighted by Crippen LogP contribution is 2.27. The lowest BCUT2D eigenvalue weighted by Crippen LogP contribution is -2.53. The molecule has 4 aromatic carbocycles. The molecule has 1 N–H and O–H groups in total. The largest absolute Gasteiger partial charge is 0.354 e. The van der Waals surface area contributed by atoms with E-state index >= 15 is 0 Å². The van der Waals surface area contributed by atoms with E-state index in [0.29, 0.717) is 27.8 Å². The third-order valence-corrected chi connectivity index (χ3v) is 10.1. The molecule has 10 heteroatoms. The van der Waals surface area contributed by atoms with Crippen molar-refractivity contribution in [3.63, 3.8) is 0 Å². The molecular weight excluding hydrogens is 641 g/mol. The highest BCUT2D eigenvalue weighted by molar-refractivity contribution is 7.92.